The van der Waals surface area contributed by atoms with Crippen molar-refractivity contribution in [2.45, 2.75) is 52.2 Å². The summed E-state index contributed by atoms with van der Waals surface area (Å²) in [4.78, 5) is 2.62. The Kier molecular flexibility index (Phi) is 6.05. The van der Waals surface area contributed by atoms with Gasteiger partial charge in [-0.25, -0.2) is 0 Å². The first-order chi connectivity index (χ1) is 14.2. The molecule has 29 heavy (non-hydrogen) atoms. The van der Waals surface area contributed by atoms with Gasteiger partial charge in [-0.05, 0) is 60.2 Å². The first-order valence-corrected chi connectivity index (χ1v) is 10.9. The third kappa shape index (κ3) is 4.40. The minimum absolute atomic E-state index is 0.278. The van der Waals surface area contributed by atoms with Gasteiger partial charge in [-0.1, -0.05) is 50.2 Å². The smallest absolute Gasteiger partial charge is 0.119 e. The van der Waals surface area contributed by atoms with Crippen molar-refractivity contribution in [3.05, 3.63) is 89.2 Å². The Bertz CT molecular complexity index is 909. The fourth-order valence-corrected chi connectivity index (χ4v) is 4.35. The molecule has 0 N–H and O–H groups in total. The lowest BCUT2D eigenvalue weighted by Gasteiger charge is -2.31. The van der Waals surface area contributed by atoms with Crippen LogP contribution in [-0.2, 0) is 13.1 Å². The standard InChI is InChI=1S/C26H32N2O/c1-4-29-24-14-8-21(9-15-24)19-28-18-6-17-27-16-5-7-25(27)26(28)23-12-10-22(11-13-23)20(2)3/h5,7-16,20,26H,4,6,17-19H2,1-3H3. The molecule has 1 aliphatic heterocycles. The van der Waals surface area contributed by atoms with Crippen molar-refractivity contribution >= 4 is 0 Å². The van der Waals surface area contributed by atoms with E-state index in [2.05, 4.69) is 90.2 Å². The zero-order chi connectivity index (χ0) is 20.2. The molecule has 4 rings (SSSR count). The van der Waals surface area contributed by atoms with Gasteiger partial charge in [-0.3, -0.25) is 4.90 Å². The normalized spacial score (nSPS) is 17.2. The van der Waals surface area contributed by atoms with Gasteiger partial charge in [0.05, 0.1) is 12.6 Å². The van der Waals surface area contributed by atoms with E-state index >= 15 is 0 Å². The molecule has 3 heteroatoms. The fourth-order valence-electron chi connectivity index (χ4n) is 4.35. The lowest BCUT2D eigenvalue weighted by atomic mass is 9.96. The molecule has 2 aromatic carbocycles. The van der Waals surface area contributed by atoms with E-state index in [1.807, 2.05) is 6.92 Å². The minimum Gasteiger partial charge on any atom is -0.494 e. The Morgan fingerprint density at radius 3 is 2.41 bits per heavy atom. The predicted molar refractivity (Wildman–Crippen MR) is 119 cm³/mol. The minimum atomic E-state index is 0.278. The van der Waals surface area contributed by atoms with E-state index in [1.54, 1.807) is 0 Å². The van der Waals surface area contributed by atoms with Crippen molar-refractivity contribution in [2.75, 3.05) is 13.2 Å². The van der Waals surface area contributed by atoms with Crippen LogP contribution in [0, 0.1) is 0 Å². The number of fused-ring (bicyclic) bond motifs is 1. The molecule has 0 bridgehead atoms. The van der Waals surface area contributed by atoms with E-state index < -0.39 is 0 Å². The molecule has 0 saturated carbocycles. The van der Waals surface area contributed by atoms with Crippen LogP contribution in [-0.4, -0.2) is 22.6 Å². The van der Waals surface area contributed by atoms with Crippen LogP contribution in [0.3, 0.4) is 0 Å². The summed E-state index contributed by atoms with van der Waals surface area (Å²) < 4.78 is 8.04. The Balaban J connectivity index is 1.65. The van der Waals surface area contributed by atoms with Crippen LogP contribution in [0.2, 0.25) is 0 Å². The predicted octanol–water partition coefficient (Wildman–Crippen LogP) is 6.01. The van der Waals surface area contributed by atoms with Crippen molar-refractivity contribution in [3.8, 4) is 5.75 Å². The Labute approximate surface area is 174 Å². The second-order valence-corrected chi connectivity index (χ2v) is 8.25. The maximum absolute atomic E-state index is 5.61. The molecule has 1 aliphatic rings. The molecular formula is C26H32N2O. The first-order valence-electron chi connectivity index (χ1n) is 10.9. The van der Waals surface area contributed by atoms with E-state index in [1.165, 1.54) is 28.8 Å². The molecular weight excluding hydrogens is 356 g/mol. The maximum Gasteiger partial charge on any atom is 0.119 e. The van der Waals surface area contributed by atoms with Gasteiger partial charge in [0.1, 0.15) is 5.75 Å². The van der Waals surface area contributed by atoms with Crippen LogP contribution in [0.15, 0.2) is 66.9 Å². The lowest BCUT2D eigenvalue weighted by Crippen LogP contribution is -2.29. The number of aromatic nitrogens is 1. The highest BCUT2D eigenvalue weighted by molar-refractivity contribution is 5.34. The highest BCUT2D eigenvalue weighted by Gasteiger charge is 2.27. The van der Waals surface area contributed by atoms with Crippen molar-refractivity contribution in [1.29, 1.82) is 0 Å². The van der Waals surface area contributed by atoms with Gasteiger partial charge in [0, 0.05) is 31.5 Å². The van der Waals surface area contributed by atoms with E-state index in [4.69, 9.17) is 4.74 Å². The molecule has 1 atom stereocenters. The molecule has 0 aliphatic carbocycles. The van der Waals surface area contributed by atoms with Crippen LogP contribution in [0.25, 0.3) is 0 Å². The summed E-state index contributed by atoms with van der Waals surface area (Å²) in [6.45, 7) is 10.3. The van der Waals surface area contributed by atoms with Crippen molar-refractivity contribution < 1.29 is 4.74 Å². The highest BCUT2D eigenvalue weighted by atomic mass is 16.5. The molecule has 1 aromatic heterocycles. The van der Waals surface area contributed by atoms with Gasteiger partial charge in [0.15, 0.2) is 0 Å². The summed E-state index contributed by atoms with van der Waals surface area (Å²) in [5, 5.41) is 0. The molecule has 2 heterocycles. The third-order valence-electron chi connectivity index (χ3n) is 5.89. The second-order valence-electron chi connectivity index (χ2n) is 8.25. The number of benzene rings is 2. The van der Waals surface area contributed by atoms with E-state index in [0.29, 0.717) is 12.5 Å². The van der Waals surface area contributed by atoms with Gasteiger partial charge in [0.25, 0.3) is 0 Å². The molecule has 0 radical (unpaired) electrons. The molecule has 0 fully saturated rings. The third-order valence-corrected chi connectivity index (χ3v) is 5.89. The topological polar surface area (TPSA) is 17.4 Å². The van der Waals surface area contributed by atoms with Gasteiger partial charge >= 0.3 is 0 Å². The number of hydrogen-bond acceptors (Lipinski definition) is 2. The summed E-state index contributed by atoms with van der Waals surface area (Å²) in [5.41, 5.74) is 5.50. The Hall–Kier alpha value is -2.52. The lowest BCUT2D eigenvalue weighted by molar-refractivity contribution is 0.220. The molecule has 3 aromatic rings. The van der Waals surface area contributed by atoms with E-state index in [0.717, 1.165) is 25.4 Å². The summed E-state index contributed by atoms with van der Waals surface area (Å²) in [6, 6.07) is 22.6. The van der Waals surface area contributed by atoms with Gasteiger partial charge in [0.2, 0.25) is 0 Å². The quantitative estimate of drug-likeness (QED) is 0.515. The molecule has 0 saturated heterocycles. The summed E-state index contributed by atoms with van der Waals surface area (Å²) in [5.74, 6) is 1.50. The van der Waals surface area contributed by atoms with Crippen LogP contribution in [0.4, 0.5) is 0 Å². The zero-order valence-corrected chi connectivity index (χ0v) is 17.8. The zero-order valence-electron chi connectivity index (χ0n) is 17.8. The number of nitrogens with zero attached hydrogens (tertiary/aromatic N) is 2. The van der Waals surface area contributed by atoms with Crippen LogP contribution in [0.5, 0.6) is 5.75 Å². The number of ether oxygens (including phenoxy) is 1. The largest absolute Gasteiger partial charge is 0.494 e. The average Bonchev–Trinajstić information content (AvgIpc) is 3.11. The molecule has 0 amide bonds. The highest BCUT2D eigenvalue weighted by Crippen LogP contribution is 2.34. The van der Waals surface area contributed by atoms with Crippen molar-refractivity contribution in [1.82, 2.24) is 9.47 Å². The van der Waals surface area contributed by atoms with Gasteiger partial charge < -0.3 is 9.30 Å². The number of aryl methyl sites for hydroxylation is 1. The van der Waals surface area contributed by atoms with Gasteiger partial charge in [-0.15, -0.1) is 0 Å². The Morgan fingerprint density at radius 2 is 1.72 bits per heavy atom. The first kappa shape index (κ1) is 19.8. The monoisotopic (exact) mass is 388 g/mol. The summed E-state index contributed by atoms with van der Waals surface area (Å²) in [6.07, 6.45) is 3.39. The summed E-state index contributed by atoms with van der Waals surface area (Å²) in [7, 11) is 0. The second kappa shape index (κ2) is 8.87. The van der Waals surface area contributed by atoms with Crippen LogP contribution < -0.4 is 4.74 Å². The van der Waals surface area contributed by atoms with Crippen LogP contribution in [0.1, 0.15) is 61.5 Å². The van der Waals surface area contributed by atoms with Crippen LogP contribution >= 0.6 is 0 Å². The van der Waals surface area contributed by atoms with E-state index in [9.17, 15) is 0 Å². The molecule has 0 spiro atoms. The molecule has 3 nitrogen and oxygen atoms in total. The number of hydrogen-bond donors (Lipinski definition) is 0. The maximum atomic E-state index is 5.61. The molecule has 152 valence electrons. The Morgan fingerprint density at radius 1 is 0.966 bits per heavy atom. The van der Waals surface area contributed by atoms with E-state index in [-0.39, 0.29) is 6.04 Å². The molecule has 1 unspecified atom stereocenters. The van der Waals surface area contributed by atoms with Crippen molar-refractivity contribution in [2.24, 2.45) is 0 Å². The fraction of sp³-hybridized carbons (Fsp3) is 0.385. The average molecular weight is 389 g/mol. The summed E-state index contributed by atoms with van der Waals surface area (Å²) >= 11 is 0. The number of rotatable bonds is 6. The van der Waals surface area contributed by atoms with Gasteiger partial charge in [-0.2, -0.15) is 0 Å². The SMILES string of the molecule is CCOc1ccc(CN2CCCn3cccc3C2c2ccc(C(C)C)cc2)cc1. The van der Waals surface area contributed by atoms with Crippen molar-refractivity contribution in [3.63, 3.8) is 0 Å².